The molecule has 0 amide bonds. The van der Waals surface area contributed by atoms with Crippen molar-refractivity contribution in [2.24, 2.45) is 0 Å². The van der Waals surface area contributed by atoms with Gasteiger partial charge in [0.25, 0.3) is 0 Å². The van der Waals surface area contributed by atoms with E-state index in [0.29, 0.717) is 6.54 Å². The van der Waals surface area contributed by atoms with Crippen molar-refractivity contribution >= 4 is 11.7 Å². The summed E-state index contributed by atoms with van der Waals surface area (Å²) in [6.07, 6.45) is 1.57. The summed E-state index contributed by atoms with van der Waals surface area (Å²) in [4.78, 5) is 26.0. The maximum atomic E-state index is 12.2. The van der Waals surface area contributed by atoms with Gasteiger partial charge in [-0.05, 0) is 37.1 Å². The molecular formula is C18H22N2O3. The van der Waals surface area contributed by atoms with Gasteiger partial charge in [-0.2, -0.15) is 0 Å². The average Bonchev–Trinajstić information content (AvgIpc) is 2.53. The maximum Gasteiger partial charge on any atom is 0.343 e. The lowest BCUT2D eigenvalue weighted by Gasteiger charge is -2.18. The second-order valence-electron chi connectivity index (χ2n) is 5.61. The van der Waals surface area contributed by atoms with Gasteiger partial charge in [-0.3, -0.25) is 4.79 Å². The number of carbonyl (C=O) groups excluding carboxylic acids is 1. The molecule has 23 heavy (non-hydrogen) atoms. The van der Waals surface area contributed by atoms with Gasteiger partial charge in [0.2, 0.25) is 0 Å². The third kappa shape index (κ3) is 3.28. The molecule has 0 saturated carbocycles. The number of methoxy groups -OCH3 is 1. The van der Waals surface area contributed by atoms with E-state index in [-0.39, 0.29) is 11.0 Å². The van der Waals surface area contributed by atoms with Gasteiger partial charge >= 0.3 is 5.97 Å². The molecule has 2 aromatic rings. The Labute approximate surface area is 136 Å². The van der Waals surface area contributed by atoms with Gasteiger partial charge < -0.3 is 14.2 Å². The summed E-state index contributed by atoms with van der Waals surface area (Å²) in [6.45, 7) is 4.65. The van der Waals surface area contributed by atoms with Gasteiger partial charge in [0.1, 0.15) is 5.56 Å². The van der Waals surface area contributed by atoms with E-state index >= 15 is 0 Å². The molecule has 1 aromatic carbocycles. The molecular weight excluding hydrogens is 292 g/mol. The normalized spacial score (nSPS) is 10.5. The molecule has 5 heteroatoms. The number of carbonyl (C=O) groups is 1. The number of hydrogen-bond donors (Lipinski definition) is 0. The monoisotopic (exact) mass is 314 g/mol. The summed E-state index contributed by atoms with van der Waals surface area (Å²) < 4.78 is 6.55. The lowest BCUT2D eigenvalue weighted by molar-refractivity contribution is 0.0598. The summed E-state index contributed by atoms with van der Waals surface area (Å²) in [5.41, 5.74) is 3.72. The molecule has 2 rings (SSSR count). The van der Waals surface area contributed by atoms with Crippen molar-refractivity contribution in [1.29, 1.82) is 0 Å². The Kier molecular flexibility index (Phi) is 4.89. The van der Waals surface area contributed by atoms with Crippen LogP contribution in [0.25, 0.3) is 11.3 Å². The van der Waals surface area contributed by atoms with Crippen LogP contribution in [0.5, 0.6) is 0 Å². The molecule has 0 spiro atoms. The summed E-state index contributed by atoms with van der Waals surface area (Å²) >= 11 is 0. The molecule has 0 atom stereocenters. The Balaban J connectivity index is 2.60. The van der Waals surface area contributed by atoms with E-state index < -0.39 is 5.97 Å². The van der Waals surface area contributed by atoms with E-state index in [1.165, 1.54) is 13.2 Å². The predicted octanol–water partition coefficient (Wildman–Crippen LogP) is 2.70. The quantitative estimate of drug-likeness (QED) is 0.814. The Bertz CT molecular complexity index is 791. The number of aryl methyl sites for hydroxylation is 2. The van der Waals surface area contributed by atoms with Gasteiger partial charge in [-0.1, -0.05) is 6.07 Å². The van der Waals surface area contributed by atoms with Crippen LogP contribution in [0.2, 0.25) is 0 Å². The Hall–Kier alpha value is -2.56. The van der Waals surface area contributed by atoms with Crippen LogP contribution in [-0.2, 0) is 11.3 Å². The minimum atomic E-state index is -0.608. The van der Waals surface area contributed by atoms with Crippen molar-refractivity contribution in [2.75, 3.05) is 26.1 Å². The molecule has 0 aliphatic carbocycles. The maximum absolute atomic E-state index is 12.2. The van der Waals surface area contributed by atoms with E-state index in [2.05, 4.69) is 4.74 Å². The zero-order chi connectivity index (χ0) is 17.1. The molecule has 1 aromatic heterocycles. The number of pyridine rings is 1. The molecule has 0 unspecified atom stereocenters. The lowest BCUT2D eigenvalue weighted by atomic mass is 10.0. The van der Waals surface area contributed by atoms with Crippen LogP contribution in [0.15, 0.2) is 35.3 Å². The highest BCUT2D eigenvalue weighted by molar-refractivity contribution is 5.89. The van der Waals surface area contributed by atoms with E-state index in [9.17, 15) is 9.59 Å². The minimum Gasteiger partial charge on any atom is -0.465 e. The van der Waals surface area contributed by atoms with Crippen LogP contribution < -0.4 is 10.3 Å². The van der Waals surface area contributed by atoms with Gasteiger partial charge in [0.05, 0.1) is 12.8 Å². The number of nitrogens with zero attached hydrogens (tertiary/aromatic N) is 2. The molecule has 0 aliphatic heterocycles. The van der Waals surface area contributed by atoms with Crippen LogP contribution >= 0.6 is 0 Å². The van der Waals surface area contributed by atoms with E-state index in [0.717, 1.165) is 22.5 Å². The van der Waals surface area contributed by atoms with Crippen molar-refractivity contribution in [2.45, 2.75) is 20.4 Å². The summed E-state index contributed by atoms with van der Waals surface area (Å²) in [6, 6.07) is 7.57. The van der Waals surface area contributed by atoms with Crippen molar-refractivity contribution in [3.63, 3.8) is 0 Å². The number of aromatic nitrogens is 1. The van der Waals surface area contributed by atoms with E-state index in [1.54, 1.807) is 6.20 Å². The summed E-state index contributed by atoms with van der Waals surface area (Å²) in [5, 5.41) is 0. The highest BCUT2D eigenvalue weighted by atomic mass is 16.5. The molecule has 1 heterocycles. The minimum absolute atomic E-state index is 0.0553. The van der Waals surface area contributed by atoms with Crippen molar-refractivity contribution < 1.29 is 9.53 Å². The zero-order valence-corrected chi connectivity index (χ0v) is 14.2. The summed E-state index contributed by atoms with van der Waals surface area (Å²) in [5.74, 6) is -0.608. The first-order valence-electron chi connectivity index (χ1n) is 7.50. The fraction of sp³-hybridized carbons (Fsp3) is 0.333. The number of esters is 1. The van der Waals surface area contributed by atoms with Crippen molar-refractivity contribution in [3.05, 3.63) is 51.8 Å². The third-order valence-corrected chi connectivity index (χ3v) is 3.85. The third-order valence-electron chi connectivity index (χ3n) is 3.85. The topological polar surface area (TPSA) is 51.5 Å². The summed E-state index contributed by atoms with van der Waals surface area (Å²) in [7, 11) is 5.26. The predicted molar refractivity (Wildman–Crippen MR) is 92.2 cm³/mol. The molecule has 0 N–H and O–H groups in total. The van der Waals surface area contributed by atoms with Gasteiger partial charge in [-0.25, -0.2) is 4.79 Å². The first-order chi connectivity index (χ1) is 10.9. The smallest absolute Gasteiger partial charge is 0.343 e. The largest absolute Gasteiger partial charge is 0.465 e. The molecule has 0 fully saturated rings. The number of hydrogen-bond acceptors (Lipinski definition) is 4. The molecule has 0 bridgehead atoms. The lowest BCUT2D eigenvalue weighted by Crippen LogP contribution is -2.19. The second-order valence-corrected chi connectivity index (χ2v) is 5.61. The van der Waals surface area contributed by atoms with Crippen LogP contribution in [0.3, 0.4) is 0 Å². The Morgan fingerprint density at radius 2 is 1.96 bits per heavy atom. The van der Waals surface area contributed by atoms with Gasteiger partial charge in [-0.15, -0.1) is 0 Å². The fourth-order valence-electron chi connectivity index (χ4n) is 2.66. The Morgan fingerprint density at radius 3 is 2.48 bits per heavy atom. The second kappa shape index (κ2) is 6.69. The number of rotatable bonds is 4. The average molecular weight is 314 g/mol. The molecule has 122 valence electrons. The standard InChI is InChI=1S/C18H22N2O3/c1-6-20-11-14(18(22)23-5)17(21)10-16(20)13-7-8-15(19(3)4)12(2)9-13/h7-11H,6H2,1-5H3. The van der Waals surface area contributed by atoms with Crippen molar-refractivity contribution in [1.82, 2.24) is 4.57 Å². The first-order valence-corrected chi connectivity index (χ1v) is 7.50. The number of benzene rings is 1. The molecule has 0 saturated heterocycles. The van der Waals surface area contributed by atoms with Crippen LogP contribution in [0.1, 0.15) is 22.8 Å². The molecule has 0 aliphatic rings. The van der Waals surface area contributed by atoms with Crippen LogP contribution in [0, 0.1) is 6.92 Å². The Morgan fingerprint density at radius 1 is 1.26 bits per heavy atom. The van der Waals surface area contributed by atoms with Crippen molar-refractivity contribution in [3.8, 4) is 11.3 Å². The van der Waals surface area contributed by atoms with Gasteiger partial charge in [0.15, 0.2) is 5.43 Å². The van der Waals surface area contributed by atoms with E-state index in [1.807, 2.05) is 55.6 Å². The van der Waals surface area contributed by atoms with Crippen LogP contribution in [0.4, 0.5) is 5.69 Å². The fourth-order valence-corrected chi connectivity index (χ4v) is 2.66. The highest BCUT2D eigenvalue weighted by Gasteiger charge is 2.15. The van der Waals surface area contributed by atoms with Gasteiger partial charge in [0, 0.05) is 38.6 Å². The highest BCUT2D eigenvalue weighted by Crippen LogP contribution is 2.26. The molecule has 5 nitrogen and oxygen atoms in total. The van der Waals surface area contributed by atoms with E-state index in [4.69, 9.17) is 0 Å². The zero-order valence-electron chi connectivity index (χ0n) is 14.2. The number of anilines is 1. The first kappa shape index (κ1) is 16.8. The molecule has 0 radical (unpaired) electrons. The van der Waals surface area contributed by atoms with Crippen LogP contribution in [-0.4, -0.2) is 31.7 Å². The SMILES string of the molecule is CCn1cc(C(=O)OC)c(=O)cc1-c1ccc(N(C)C)c(C)c1. The number of ether oxygens (including phenoxy) is 1.